The Bertz CT molecular complexity index is 749. The van der Waals surface area contributed by atoms with E-state index in [2.05, 4.69) is 10.6 Å². The Morgan fingerprint density at radius 2 is 2.08 bits per heavy atom. The summed E-state index contributed by atoms with van der Waals surface area (Å²) >= 11 is 0. The summed E-state index contributed by atoms with van der Waals surface area (Å²) in [4.78, 5) is 12.1. The highest BCUT2D eigenvalue weighted by Gasteiger charge is 2.26. The number of hydrogen-bond donors (Lipinski definition) is 3. The van der Waals surface area contributed by atoms with Gasteiger partial charge in [0, 0.05) is 6.54 Å². The number of aliphatic hydroxyl groups excluding tert-OH is 1. The van der Waals surface area contributed by atoms with E-state index in [0.29, 0.717) is 29.7 Å². The Labute approximate surface area is 145 Å². The van der Waals surface area contributed by atoms with E-state index in [9.17, 15) is 14.3 Å². The molecule has 0 saturated heterocycles. The standard InChI is InChI=1S/C19H21FN2O3/c1-25-13-7-5-12(6-8-13)18(23)11-21-19(24)22-17-10-9-14-15(17)3-2-4-16(14)20/h2-8,17-18,23H,9-11H2,1H3,(H2,21,22,24). The molecule has 2 unspecified atom stereocenters. The molecule has 2 atom stereocenters. The van der Waals surface area contributed by atoms with Crippen molar-refractivity contribution in [2.75, 3.05) is 13.7 Å². The van der Waals surface area contributed by atoms with Gasteiger partial charge in [0.1, 0.15) is 11.6 Å². The van der Waals surface area contributed by atoms with E-state index in [0.717, 1.165) is 5.56 Å². The van der Waals surface area contributed by atoms with Gasteiger partial charge in [-0.15, -0.1) is 0 Å². The first kappa shape index (κ1) is 17.2. The van der Waals surface area contributed by atoms with Crippen LogP contribution in [0.3, 0.4) is 0 Å². The molecule has 0 saturated carbocycles. The Hall–Kier alpha value is -2.60. The second-order valence-corrected chi connectivity index (χ2v) is 6.04. The summed E-state index contributed by atoms with van der Waals surface area (Å²) in [5.41, 5.74) is 2.19. The molecule has 2 aromatic carbocycles. The first-order chi connectivity index (χ1) is 12.1. The number of nitrogens with one attached hydrogen (secondary N) is 2. The third kappa shape index (κ3) is 3.91. The lowest BCUT2D eigenvalue weighted by Gasteiger charge is -2.17. The summed E-state index contributed by atoms with van der Waals surface area (Å²) in [6, 6.07) is 11.3. The van der Waals surface area contributed by atoms with Gasteiger partial charge in [0.2, 0.25) is 0 Å². The highest BCUT2D eigenvalue weighted by molar-refractivity contribution is 5.74. The summed E-state index contributed by atoms with van der Waals surface area (Å²) in [5, 5.41) is 15.7. The number of benzene rings is 2. The molecule has 0 heterocycles. The van der Waals surface area contributed by atoms with E-state index < -0.39 is 6.10 Å². The van der Waals surface area contributed by atoms with E-state index in [1.54, 1.807) is 37.4 Å². The predicted molar refractivity (Wildman–Crippen MR) is 92.0 cm³/mol. The summed E-state index contributed by atoms with van der Waals surface area (Å²) < 4.78 is 18.8. The molecule has 0 bridgehead atoms. The normalized spacial score (nSPS) is 16.8. The van der Waals surface area contributed by atoms with Crippen LogP contribution in [-0.4, -0.2) is 24.8 Å². The fourth-order valence-electron chi connectivity index (χ4n) is 3.10. The Morgan fingerprint density at radius 3 is 2.80 bits per heavy atom. The number of carbonyl (C=O) groups is 1. The average molecular weight is 344 g/mol. The summed E-state index contributed by atoms with van der Waals surface area (Å²) in [6.07, 6.45) is 0.469. The van der Waals surface area contributed by atoms with Crippen LogP contribution in [0.25, 0.3) is 0 Å². The van der Waals surface area contributed by atoms with E-state index in [4.69, 9.17) is 4.74 Å². The Kier molecular flexibility index (Phi) is 5.19. The number of hydrogen-bond acceptors (Lipinski definition) is 3. The molecule has 6 heteroatoms. The van der Waals surface area contributed by atoms with Gasteiger partial charge in [0.25, 0.3) is 0 Å². The molecule has 132 valence electrons. The topological polar surface area (TPSA) is 70.6 Å². The van der Waals surface area contributed by atoms with Crippen LogP contribution in [0.4, 0.5) is 9.18 Å². The smallest absolute Gasteiger partial charge is 0.315 e. The van der Waals surface area contributed by atoms with Gasteiger partial charge in [0.05, 0.1) is 19.3 Å². The van der Waals surface area contributed by atoms with Crippen LogP contribution >= 0.6 is 0 Å². The zero-order chi connectivity index (χ0) is 17.8. The molecule has 1 aliphatic rings. The maximum atomic E-state index is 13.7. The van der Waals surface area contributed by atoms with Crippen LogP contribution in [0.5, 0.6) is 5.75 Å². The molecule has 2 aromatic rings. The zero-order valence-electron chi connectivity index (χ0n) is 14.0. The van der Waals surface area contributed by atoms with Crippen LogP contribution < -0.4 is 15.4 Å². The van der Waals surface area contributed by atoms with Crippen LogP contribution in [0.2, 0.25) is 0 Å². The minimum Gasteiger partial charge on any atom is -0.497 e. The molecular weight excluding hydrogens is 323 g/mol. The van der Waals surface area contributed by atoms with Gasteiger partial charge in [-0.05, 0) is 47.7 Å². The third-order valence-electron chi connectivity index (χ3n) is 4.48. The number of rotatable bonds is 5. The second kappa shape index (κ2) is 7.53. The number of amides is 2. The minimum atomic E-state index is -0.815. The second-order valence-electron chi connectivity index (χ2n) is 6.04. The number of urea groups is 1. The zero-order valence-corrected chi connectivity index (χ0v) is 14.0. The van der Waals surface area contributed by atoms with Crippen molar-refractivity contribution < 1.29 is 19.0 Å². The number of fused-ring (bicyclic) bond motifs is 1. The van der Waals surface area contributed by atoms with Crippen molar-refractivity contribution in [3.05, 3.63) is 65.0 Å². The largest absolute Gasteiger partial charge is 0.497 e. The van der Waals surface area contributed by atoms with Gasteiger partial charge in [-0.25, -0.2) is 9.18 Å². The quantitative estimate of drug-likeness (QED) is 0.781. The van der Waals surface area contributed by atoms with Gasteiger partial charge >= 0.3 is 6.03 Å². The molecule has 0 radical (unpaired) electrons. The predicted octanol–water partition coefficient (Wildman–Crippen LogP) is 2.85. The fourth-order valence-corrected chi connectivity index (χ4v) is 3.10. The first-order valence-corrected chi connectivity index (χ1v) is 8.22. The average Bonchev–Trinajstić information content (AvgIpc) is 3.04. The van der Waals surface area contributed by atoms with Crippen molar-refractivity contribution in [1.82, 2.24) is 10.6 Å². The lowest BCUT2D eigenvalue weighted by atomic mass is 10.1. The van der Waals surface area contributed by atoms with Gasteiger partial charge in [0.15, 0.2) is 0 Å². The molecule has 3 rings (SSSR count). The maximum absolute atomic E-state index is 13.7. The molecule has 0 fully saturated rings. The highest BCUT2D eigenvalue weighted by atomic mass is 19.1. The van der Waals surface area contributed by atoms with Crippen LogP contribution in [-0.2, 0) is 6.42 Å². The molecule has 0 aliphatic heterocycles. The highest BCUT2D eigenvalue weighted by Crippen LogP contribution is 2.32. The van der Waals surface area contributed by atoms with E-state index >= 15 is 0 Å². The first-order valence-electron chi connectivity index (χ1n) is 8.22. The van der Waals surface area contributed by atoms with Crippen molar-refractivity contribution in [3.8, 4) is 5.75 Å². The molecule has 2 amide bonds. The summed E-state index contributed by atoms with van der Waals surface area (Å²) in [7, 11) is 1.57. The maximum Gasteiger partial charge on any atom is 0.315 e. The molecule has 5 nitrogen and oxygen atoms in total. The van der Waals surface area contributed by atoms with Crippen molar-refractivity contribution in [2.24, 2.45) is 0 Å². The van der Waals surface area contributed by atoms with Crippen molar-refractivity contribution in [3.63, 3.8) is 0 Å². The van der Waals surface area contributed by atoms with Crippen LogP contribution in [0.15, 0.2) is 42.5 Å². The van der Waals surface area contributed by atoms with E-state index in [1.807, 2.05) is 6.07 Å². The molecule has 0 spiro atoms. The van der Waals surface area contributed by atoms with Crippen molar-refractivity contribution >= 4 is 6.03 Å². The van der Waals surface area contributed by atoms with E-state index in [-0.39, 0.29) is 24.4 Å². The van der Waals surface area contributed by atoms with Gasteiger partial charge in [-0.2, -0.15) is 0 Å². The van der Waals surface area contributed by atoms with Crippen molar-refractivity contribution in [2.45, 2.75) is 25.0 Å². The third-order valence-corrected chi connectivity index (χ3v) is 4.48. The number of halogens is 1. The fraction of sp³-hybridized carbons (Fsp3) is 0.316. The number of ether oxygens (including phenoxy) is 1. The number of methoxy groups -OCH3 is 1. The monoisotopic (exact) mass is 344 g/mol. The summed E-state index contributed by atoms with van der Waals surface area (Å²) in [6.45, 7) is 0.0842. The Morgan fingerprint density at radius 1 is 1.32 bits per heavy atom. The van der Waals surface area contributed by atoms with Crippen LogP contribution in [0.1, 0.15) is 35.3 Å². The van der Waals surface area contributed by atoms with Crippen LogP contribution in [0, 0.1) is 5.82 Å². The SMILES string of the molecule is COc1ccc(C(O)CNC(=O)NC2CCc3c(F)cccc32)cc1. The number of aliphatic hydroxyl groups is 1. The Balaban J connectivity index is 1.53. The van der Waals surface area contributed by atoms with E-state index in [1.165, 1.54) is 6.07 Å². The molecule has 0 aromatic heterocycles. The minimum absolute atomic E-state index is 0.0842. The lowest BCUT2D eigenvalue weighted by Crippen LogP contribution is -2.39. The van der Waals surface area contributed by atoms with Crippen molar-refractivity contribution in [1.29, 1.82) is 0 Å². The number of carbonyl (C=O) groups excluding carboxylic acids is 1. The molecule has 25 heavy (non-hydrogen) atoms. The van der Waals surface area contributed by atoms with Gasteiger partial charge in [-0.3, -0.25) is 0 Å². The molecule has 1 aliphatic carbocycles. The summed E-state index contributed by atoms with van der Waals surface area (Å²) in [5.74, 6) is 0.478. The van der Waals surface area contributed by atoms with Gasteiger partial charge in [-0.1, -0.05) is 24.3 Å². The lowest BCUT2D eigenvalue weighted by molar-refractivity contribution is 0.172. The van der Waals surface area contributed by atoms with Gasteiger partial charge < -0.3 is 20.5 Å². The molecule has 3 N–H and O–H groups in total. The molecular formula is C19H21FN2O3.